The molecule has 0 aliphatic heterocycles. The van der Waals surface area contributed by atoms with Crippen LogP contribution in [0.5, 0.6) is 0 Å². The van der Waals surface area contributed by atoms with Gasteiger partial charge in [0.05, 0.1) is 0 Å². The topological polar surface area (TPSA) is 80.3 Å². The normalized spacial score (nSPS) is 12.6. The first-order valence-corrected chi connectivity index (χ1v) is 5.82. The molecule has 1 atom stereocenters. The molecule has 0 saturated heterocycles. The highest BCUT2D eigenvalue weighted by Crippen LogP contribution is 2.19. The molecule has 2 rings (SSSR count). The first-order valence-electron chi connectivity index (χ1n) is 5.82. The van der Waals surface area contributed by atoms with Crippen molar-refractivity contribution in [1.29, 1.82) is 0 Å². The molecule has 1 amide bonds. The van der Waals surface area contributed by atoms with E-state index in [2.05, 4.69) is 5.32 Å². The number of hydrogen-bond donors (Lipinski definition) is 3. The third-order valence-corrected chi connectivity index (χ3v) is 2.96. The van der Waals surface area contributed by atoms with Gasteiger partial charge in [0.2, 0.25) is 5.91 Å². The van der Waals surface area contributed by atoms with Gasteiger partial charge in [-0.3, -0.25) is 4.79 Å². The molecule has 0 aliphatic carbocycles. The molecule has 5 heteroatoms. The molecule has 4 N–H and O–H groups in total. The summed E-state index contributed by atoms with van der Waals surface area (Å²) in [5.41, 5.74) is 7.35. The number of fused-ring (bicyclic) bond motifs is 1. The summed E-state index contributed by atoms with van der Waals surface area (Å²) in [7, 11) is 1.96. The lowest BCUT2D eigenvalue weighted by molar-refractivity contribution is -0.128. The van der Waals surface area contributed by atoms with E-state index in [1.807, 2.05) is 42.1 Å². The number of carbonyl (C=O) groups excluding carboxylic acids is 1. The Morgan fingerprint density at radius 3 is 2.94 bits per heavy atom. The number of hydrogen-bond acceptors (Lipinski definition) is 3. The standard InChI is InChI=1S/C13H17N3O2/c1-16-8-9(7-15-13(18)12(17)6-14)10-4-2-3-5-11(10)16/h2-5,8,12,17H,6-7,14H2,1H3,(H,15,18). The fraction of sp³-hybridized carbons (Fsp3) is 0.308. The fourth-order valence-electron chi connectivity index (χ4n) is 1.97. The molecular weight excluding hydrogens is 230 g/mol. The molecule has 5 nitrogen and oxygen atoms in total. The number of para-hydroxylation sites is 1. The van der Waals surface area contributed by atoms with Gasteiger partial charge in [-0.05, 0) is 11.6 Å². The number of nitrogens with one attached hydrogen (secondary N) is 1. The van der Waals surface area contributed by atoms with Gasteiger partial charge in [0.15, 0.2) is 0 Å². The summed E-state index contributed by atoms with van der Waals surface area (Å²) in [6, 6.07) is 7.97. The average molecular weight is 247 g/mol. The van der Waals surface area contributed by atoms with E-state index in [1.165, 1.54) is 0 Å². The van der Waals surface area contributed by atoms with E-state index < -0.39 is 12.0 Å². The number of amides is 1. The Bertz CT molecular complexity index is 562. The summed E-state index contributed by atoms with van der Waals surface area (Å²) in [6.07, 6.45) is 0.833. The Balaban J connectivity index is 2.15. The van der Waals surface area contributed by atoms with Crippen molar-refractivity contribution in [2.24, 2.45) is 12.8 Å². The summed E-state index contributed by atoms with van der Waals surface area (Å²) in [5.74, 6) is -0.439. The maximum absolute atomic E-state index is 11.4. The van der Waals surface area contributed by atoms with E-state index in [1.54, 1.807) is 0 Å². The minimum Gasteiger partial charge on any atom is -0.382 e. The van der Waals surface area contributed by atoms with Gasteiger partial charge in [0, 0.05) is 37.2 Å². The van der Waals surface area contributed by atoms with Crippen LogP contribution < -0.4 is 11.1 Å². The average Bonchev–Trinajstić information content (AvgIpc) is 2.72. The van der Waals surface area contributed by atoms with Gasteiger partial charge in [0.25, 0.3) is 0 Å². The highest BCUT2D eigenvalue weighted by Gasteiger charge is 2.13. The number of aryl methyl sites for hydroxylation is 1. The van der Waals surface area contributed by atoms with Gasteiger partial charge >= 0.3 is 0 Å². The number of benzene rings is 1. The summed E-state index contributed by atoms with van der Waals surface area (Å²) < 4.78 is 2.01. The molecule has 1 aromatic carbocycles. The Hall–Kier alpha value is -1.85. The van der Waals surface area contributed by atoms with Crippen LogP contribution in [0, 0.1) is 0 Å². The van der Waals surface area contributed by atoms with Crippen molar-refractivity contribution in [1.82, 2.24) is 9.88 Å². The minimum atomic E-state index is -1.14. The second-order valence-electron chi connectivity index (χ2n) is 4.25. The van der Waals surface area contributed by atoms with Gasteiger partial charge in [0.1, 0.15) is 6.10 Å². The predicted octanol–water partition coefficient (Wildman–Crippen LogP) is 0.114. The van der Waals surface area contributed by atoms with Crippen molar-refractivity contribution in [3.63, 3.8) is 0 Å². The molecule has 0 saturated carbocycles. The number of rotatable bonds is 4. The van der Waals surface area contributed by atoms with Crippen LogP contribution >= 0.6 is 0 Å². The minimum absolute atomic E-state index is 0.0681. The summed E-state index contributed by atoms with van der Waals surface area (Å²) in [4.78, 5) is 11.4. The quantitative estimate of drug-likeness (QED) is 0.717. The molecule has 96 valence electrons. The third kappa shape index (κ3) is 2.37. The van der Waals surface area contributed by atoms with Crippen molar-refractivity contribution in [2.75, 3.05) is 6.54 Å². The van der Waals surface area contributed by atoms with E-state index in [-0.39, 0.29) is 6.54 Å². The van der Waals surface area contributed by atoms with Gasteiger partial charge in [-0.25, -0.2) is 0 Å². The number of aliphatic hydroxyl groups excluding tert-OH is 1. The lowest BCUT2D eigenvalue weighted by Gasteiger charge is -2.08. The molecule has 1 aromatic heterocycles. The third-order valence-electron chi connectivity index (χ3n) is 2.96. The monoisotopic (exact) mass is 247 g/mol. The molecular formula is C13H17N3O2. The Kier molecular flexibility index (Phi) is 3.64. The maximum atomic E-state index is 11.4. The van der Waals surface area contributed by atoms with E-state index in [4.69, 9.17) is 5.73 Å². The molecule has 1 unspecified atom stereocenters. The molecule has 2 aromatic rings. The van der Waals surface area contributed by atoms with Crippen molar-refractivity contribution >= 4 is 16.8 Å². The maximum Gasteiger partial charge on any atom is 0.250 e. The first kappa shape index (κ1) is 12.6. The second kappa shape index (κ2) is 5.20. The van der Waals surface area contributed by atoms with Gasteiger partial charge < -0.3 is 20.7 Å². The molecule has 0 radical (unpaired) electrons. The van der Waals surface area contributed by atoms with E-state index in [9.17, 15) is 9.90 Å². The van der Waals surface area contributed by atoms with Crippen LogP contribution in [0.1, 0.15) is 5.56 Å². The van der Waals surface area contributed by atoms with Gasteiger partial charge in [-0.2, -0.15) is 0 Å². The molecule has 18 heavy (non-hydrogen) atoms. The van der Waals surface area contributed by atoms with Crippen LogP contribution in [0.4, 0.5) is 0 Å². The first-order chi connectivity index (χ1) is 8.63. The lowest BCUT2D eigenvalue weighted by atomic mass is 10.2. The van der Waals surface area contributed by atoms with E-state index >= 15 is 0 Å². The molecule has 1 heterocycles. The lowest BCUT2D eigenvalue weighted by Crippen LogP contribution is -2.38. The summed E-state index contributed by atoms with van der Waals surface area (Å²) in [6.45, 7) is 0.318. The van der Waals surface area contributed by atoms with Crippen LogP contribution in [0.3, 0.4) is 0 Å². The smallest absolute Gasteiger partial charge is 0.250 e. The summed E-state index contributed by atoms with van der Waals surface area (Å²) in [5, 5.41) is 13.1. The number of aliphatic hydroxyl groups is 1. The van der Waals surface area contributed by atoms with Crippen LogP contribution in [0.2, 0.25) is 0 Å². The highest BCUT2D eigenvalue weighted by molar-refractivity contribution is 5.85. The van der Waals surface area contributed by atoms with Crippen molar-refractivity contribution < 1.29 is 9.90 Å². The highest BCUT2D eigenvalue weighted by atomic mass is 16.3. The molecule has 0 aliphatic rings. The second-order valence-corrected chi connectivity index (χ2v) is 4.25. The largest absolute Gasteiger partial charge is 0.382 e. The van der Waals surface area contributed by atoms with Crippen molar-refractivity contribution in [3.05, 3.63) is 36.0 Å². The van der Waals surface area contributed by atoms with Gasteiger partial charge in [-0.15, -0.1) is 0 Å². The van der Waals surface area contributed by atoms with Crippen LogP contribution in [0.25, 0.3) is 10.9 Å². The molecule has 0 fully saturated rings. The fourth-order valence-corrected chi connectivity index (χ4v) is 1.97. The zero-order valence-corrected chi connectivity index (χ0v) is 10.3. The number of carbonyl (C=O) groups is 1. The van der Waals surface area contributed by atoms with E-state index in [0.29, 0.717) is 6.54 Å². The molecule has 0 bridgehead atoms. The Morgan fingerprint density at radius 2 is 2.22 bits per heavy atom. The SMILES string of the molecule is Cn1cc(CNC(=O)C(O)CN)c2ccccc21. The van der Waals surface area contributed by atoms with Crippen LogP contribution in [-0.2, 0) is 18.4 Å². The van der Waals surface area contributed by atoms with Crippen molar-refractivity contribution in [2.45, 2.75) is 12.6 Å². The molecule has 0 spiro atoms. The van der Waals surface area contributed by atoms with Crippen molar-refractivity contribution in [3.8, 4) is 0 Å². The number of aromatic nitrogens is 1. The summed E-state index contributed by atoms with van der Waals surface area (Å²) >= 11 is 0. The predicted molar refractivity (Wildman–Crippen MR) is 69.8 cm³/mol. The number of nitrogens with two attached hydrogens (primary N) is 1. The van der Waals surface area contributed by atoms with Gasteiger partial charge in [-0.1, -0.05) is 18.2 Å². The van der Waals surface area contributed by atoms with E-state index in [0.717, 1.165) is 16.5 Å². The Morgan fingerprint density at radius 1 is 1.50 bits per heavy atom. The zero-order chi connectivity index (χ0) is 13.1. The Labute approximate surface area is 105 Å². The van der Waals surface area contributed by atoms with Crippen LogP contribution in [-0.4, -0.2) is 28.2 Å². The zero-order valence-electron chi connectivity index (χ0n) is 10.3. The number of nitrogens with zero attached hydrogens (tertiary/aromatic N) is 1. The van der Waals surface area contributed by atoms with Crippen LogP contribution in [0.15, 0.2) is 30.5 Å².